The highest BCUT2D eigenvalue weighted by atomic mass is 16.3. The molecule has 0 aliphatic heterocycles. The van der Waals surface area contributed by atoms with Crippen molar-refractivity contribution in [3.63, 3.8) is 0 Å². The molecular weight excluding hydrogens is 202 g/mol. The molecule has 0 saturated heterocycles. The van der Waals surface area contributed by atoms with E-state index in [2.05, 4.69) is 24.2 Å². The van der Waals surface area contributed by atoms with E-state index in [0.717, 1.165) is 17.5 Å². The zero-order valence-electron chi connectivity index (χ0n) is 10.1. The number of aliphatic hydroxyl groups excluding tert-OH is 1. The second-order valence-electron chi connectivity index (χ2n) is 5.08. The van der Waals surface area contributed by atoms with Crippen LogP contribution in [-0.2, 0) is 6.42 Å². The Kier molecular flexibility index (Phi) is 3.59. The smallest absolute Gasteiger partial charge is 0.0850 e. The van der Waals surface area contributed by atoms with Crippen molar-refractivity contribution in [3.05, 3.63) is 11.9 Å². The van der Waals surface area contributed by atoms with Gasteiger partial charge in [-0.15, -0.1) is 5.10 Å². The van der Waals surface area contributed by atoms with Crippen LogP contribution in [0.2, 0.25) is 0 Å². The van der Waals surface area contributed by atoms with Crippen molar-refractivity contribution in [1.82, 2.24) is 15.0 Å². The fourth-order valence-electron chi connectivity index (χ4n) is 2.48. The minimum absolute atomic E-state index is 0.150. The molecule has 3 unspecified atom stereocenters. The Morgan fingerprint density at radius 3 is 2.88 bits per heavy atom. The molecule has 1 N–H and O–H groups in total. The van der Waals surface area contributed by atoms with E-state index in [1.165, 1.54) is 19.3 Å². The average Bonchev–Trinajstić information content (AvgIpc) is 2.71. The topological polar surface area (TPSA) is 50.9 Å². The van der Waals surface area contributed by atoms with Crippen molar-refractivity contribution in [3.8, 4) is 0 Å². The molecule has 4 heteroatoms. The van der Waals surface area contributed by atoms with E-state index < -0.39 is 0 Å². The molecule has 0 aromatic carbocycles. The van der Waals surface area contributed by atoms with Crippen LogP contribution < -0.4 is 0 Å². The monoisotopic (exact) mass is 223 g/mol. The van der Waals surface area contributed by atoms with Gasteiger partial charge in [-0.25, -0.2) is 4.68 Å². The molecule has 90 valence electrons. The molecule has 1 heterocycles. The van der Waals surface area contributed by atoms with Gasteiger partial charge in [-0.05, 0) is 31.1 Å². The first-order valence-electron chi connectivity index (χ1n) is 6.22. The van der Waals surface area contributed by atoms with Gasteiger partial charge >= 0.3 is 0 Å². The predicted molar refractivity (Wildman–Crippen MR) is 62.0 cm³/mol. The van der Waals surface area contributed by atoms with Gasteiger partial charge in [-0.3, -0.25) is 0 Å². The molecule has 2 rings (SSSR count). The number of hydrogen-bond donors (Lipinski definition) is 1. The van der Waals surface area contributed by atoms with Crippen LogP contribution in [0.25, 0.3) is 0 Å². The summed E-state index contributed by atoms with van der Waals surface area (Å²) < 4.78 is 1.99. The molecule has 16 heavy (non-hydrogen) atoms. The maximum Gasteiger partial charge on any atom is 0.0850 e. The molecule has 0 bridgehead atoms. The molecule has 4 nitrogen and oxygen atoms in total. The lowest BCUT2D eigenvalue weighted by molar-refractivity contribution is 0.199. The van der Waals surface area contributed by atoms with Crippen LogP contribution in [0.4, 0.5) is 0 Å². The van der Waals surface area contributed by atoms with Gasteiger partial charge in [-0.1, -0.05) is 19.1 Å². The van der Waals surface area contributed by atoms with E-state index in [-0.39, 0.29) is 6.61 Å². The lowest BCUT2D eigenvalue weighted by Gasteiger charge is -2.31. The van der Waals surface area contributed by atoms with Crippen molar-refractivity contribution in [1.29, 1.82) is 0 Å². The van der Waals surface area contributed by atoms with Gasteiger partial charge in [0.1, 0.15) is 0 Å². The van der Waals surface area contributed by atoms with Crippen LogP contribution in [0.5, 0.6) is 0 Å². The summed E-state index contributed by atoms with van der Waals surface area (Å²) in [5.74, 6) is 1.60. The Labute approximate surface area is 96.7 Å². The maximum absolute atomic E-state index is 8.84. The third-order valence-corrected chi connectivity index (χ3v) is 3.87. The highest BCUT2D eigenvalue weighted by molar-refractivity contribution is 4.94. The van der Waals surface area contributed by atoms with Crippen LogP contribution in [-0.4, -0.2) is 26.7 Å². The molecule has 3 atom stereocenters. The molecular formula is C12H21N3O. The summed E-state index contributed by atoms with van der Waals surface area (Å²) in [6, 6.07) is 0.506. The Morgan fingerprint density at radius 1 is 1.38 bits per heavy atom. The molecule has 0 amide bonds. The van der Waals surface area contributed by atoms with Gasteiger partial charge in [-0.2, -0.15) is 0 Å². The van der Waals surface area contributed by atoms with Crippen LogP contribution in [0.3, 0.4) is 0 Å². The summed E-state index contributed by atoms with van der Waals surface area (Å²) in [7, 11) is 0. The van der Waals surface area contributed by atoms with Crippen molar-refractivity contribution < 1.29 is 5.11 Å². The summed E-state index contributed by atoms with van der Waals surface area (Å²) in [5.41, 5.74) is 0.897. The maximum atomic E-state index is 8.84. The molecule has 1 aliphatic rings. The van der Waals surface area contributed by atoms with Crippen molar-refractivity contribution >= 4 is 0 Å². The largest absolute Gasteiger partial charge is 0.396 e. The Hall–Kier alpha value is -0.900. The van der Waals surface area contributed by atoms with Gasteiger partial charge in [0.25, 0.3) is 0 Å². The summed E-state index contributed by atoms with van der Waals surface area (Å²) in [5, 5.41) is 17.1. The summed E-state index contributed by atoms with van der Waals surface area (Å²) >= 11 is 0. The van der Waals surface area contributed by atoms with Gasteiger partial charge in [0.2, 0.25) is 0 Å². The summed E-state index contributed by atoms with van der Waals surface area (Å²) in [4.78, 5) is 0. The van der Waals surface area contributed by atoms with Gasteiger partial charge in [0.05, 0.1) is 11.7 Å². The lowest BCUT2D eigenvalue weighted by Crippen LogP contribution is -2.23. The number of hydrogen-bond acceptors (Lipinski definition) is 3. The normalized spacial score (nSPS) is 30.6. The fraction of sp³-hybridized carbons (Fsp3) is 0.833. The standard InChI is InChI=1S/C12H21N3O/c1-9-3-4-12(7-10(9)2)15-8-11(5-6-16)13-14-15/h8-10,12,16H,3-7H2,1-2H3. The zero-order chi connectivity index (χ0) is 11.5. The first-order chi connectivity index (χ1) is 7.70. The Morgan fingerprint density at radius 2 is 2.19 bits per heavy atom. The van der Waals surface area contributed by atoms with E-state index in [4.69, 9.17) is 5.11 Å². The molecule has 0 spiro atoms. The van der Waals surface area contributed by atoms with Crippen LogP contribution >= 0.6 is 0 Å². The van der Waals surface area contributed by atoms with Gasteiger partial charge in [0.15, 0.2) is 0 Å². The van der Waals surface area contributed by atoms with Crippen LogP contribution in [0, 0.1) is 11.8 Å². The van der Waals surface area contributed by atoms with E-state index in [1.54, 1.807) is 0 Å². The molecule has 1 saturated carbocycles. The van der Waals surface area contributed by atoms with Crippen molar-refractivity contribution in [2.45, 2.75) is 45.6 Å². The third kappa shape index (κ3) is 2.43. The number of rotatable bonds is 3. The minimum atomic E-state index is 0.150. The van der Waals surface area contributed by atoms with Gasteiger partial charge < -0.3 is 5.11 Å². The Bertz CT molecular complexity index is 337. The third-order valence-electron chi connectivity index (χ3n) is 3.87. The number of aliphatic hydroxyl groups is 1. The van der Waals surface area contributed by atoms with E-state index in [0.29, 0.717) is 12.5 Å². The molecule has 1 aromatic rings. The van der Waals surface area contributed by atoms with Gasteiger partial charge in [0, 0.05) is 19.2 Å². The summed E-state index contributed by atoms with van der Waals surface area (Å²) in [6.45, 7) is 4.80. The second kappa shape index (κ2) is 4.95. The lowest BCUT2D eigenvalue weighted by atomic mass is 9.79. The second-order valence-corrected chi connectivity index (χ2v) is 5.08. The fourth-order valence-corrected chi connectivity index (χ4v) is 2.48. The molecule has 1 aromatic heterocycles. The first kappa shape index (κ1) is 11.6. The Balaban J connectivity index is 2.01. The zero-order valence-corrected chi connectivity index (χ0v) is 10.1. The van der Waals surface area contributed by atoms with Crippen molar-refractivity contribution in [2.75, 3.05) is 6.61 Å². The first-order valence-corrected chi connectivity index (χ1v) is 6.22. The highest BCUT2D eigenvalue weighted by Crippen LogP contribution is 2.35. The van der Waals surface area contributed by atoms with E-state index in [1.807, 2.05) is 10.9 Å². The molecule has 1 fully saturated rings. The van der Waals surface area contributed by atoms with Crippen LogP contribution in [0.15, 0.2) is 6.20 Å². The predicted octanol–water partition coefficient (Wildman–Crippen LogP) is 1.81. The van der Waals surface area contributed by atoms with Crippen molar-refractivity contribution in [2.24, 2.45) is 11.8 Å². The van der Waals surface area contributed by atoms with E-state index in [9.17, 15) is 0 Å². The molecule has 1 aliphatic carbocycles. The van der Waals surface area contributed by atoms with E-state index >= 15 is 0 Å². The quantitative estimate of drug-likeness (QED) is 0.850. The molecule has 0 radical (unpaired) electrons. The van der Waals surface area contributed by atoms with Crippen LogP contribution in [0.1, 0.15) is 44.8 Å². The average molecular weight is 223 g/mol. The highest BCUT2D eigenvalue weighted by Gasteiger charge is 2.26. The number of nitrogens with zero attached hydrogens (tertiary/aromatic N) is 3. The summed E-state index contributed by atoms with van der Waals surface area (Å²) in [6.07, 6.45) is 6.28. The minimum Gasteiger partial charge on any atom is -0.396 e. The SMILES string of the molecule is CC1CCC(n2cc(CCO)nn2)CC1C. The number of aromatic nitrogens is 3.